The maximum Gasteiger partial charge on any atom is 0.141 e. The number of aromatic nitrogens is 1. The predicted octanol–water partition coefficient (Wildman–Crippen LogP) is 4.03. The van der Waals surface area contributed by atoms with E-state index in [4.69, 9.17) is 0 Å². The van der Waals surface area contributed by atoms with E-state index in [0.29, 0.717) is 10.7 Å². The van der Waals surface area contributed by atoms with Crippen molar-refractivity contribution in [3.63, 3.8) is 0 Å². The average Bonchev–Trinajstić information content (AvgIpc) is 2.43. The van der Waals surface area contributed by atoms with Gasteiger partial charge in [-0.1, -0.05) is 35.2 Å². The molecule has 0 saturated heterocycles. The second-order valence-corrected chi connectivity index (χ2v) is 5.37. The Bertz CT molecular complexity index is 329. The lowest BCUT2D eigenvalue weighted by atomic mass is 9.93. The molecule has 82 valence electrons. The third kappa shape index (κ3) is 2.77. The summed E-state index contributed by atoms with van der Waals surface area (Å²) in [6.45, 7) is 0. The molecule has 0 aliphatic heterocycles. The van der Waals surface area contributed by atoms with Gasteiger partial charge in [-0.05, 0) is 30.4 Å². The molecule has 1 aliphatic rings. The van der Waals surface area contributed by atoms with E-state index in [9.17, 15) is 4.39 Å². The van der Waals surface area contributed by atoms with Crippen LogP contribution >= 0.6 is 15.9 Å². The zero-order valence-electron chi connectivity index (χ0n) is 8.63. The minimum atomic E-state index is -0.226. The smallest absolute Gasteiger partial charge is 0.141 e. The van der Waals surface area contributed by atoms with Crippen molar-refractivity contribution in [2.24, 2.45) is 0 Å². The van der Waals surface area contributed by atoms with Gasteiger partial charge in [-0.3, -0.25) is 4.98 Å². The van der Waals surface area contributed by atoms with Crippen LogP contribution in [0.2, 0.25) is 0 Å². The van der Waals surface area contributed by atoms with Crippen molar-refractivity contribution in [3.05, 3.63) is 29.8 Å². The second kappa shape index (κ2) is 5.06. The van der Waals surface area contributed by atoms with Gasteiger partial charge in [-0.2, -0.15) is 0 Å². The number of hydrogen-bond donors (Lipinski definition) is 0. The van der Waals surface area contributed by atoms with Gasteiger partial charge >= 0.3 is 0 Å². The second-order valence-electron chi connectivity index (χ2n) is 4.20. The van der Waals surface area contributed by atoms with E-state index in [2.05, 4.69) is 20.9 Å². The van der Waals surface area contributed by atoms with Crippen molar-refractivity contribution >= 4 is 15.9 Å². The lowest BCUT2D eigenvalue weighted by molar-refractivity contribution is 0.586. The number of halogens is 2. The first kappa shape index (κ1) is 11.1. The summed E-state index contributed by atoms with van der Waals surface area (Å²) in [7, 11) is 0. The molecule has 0 N–H and O–H groups in total. The average molecular weight is 272 g/mol. The topological polar surface area (TPSA) is 12.9 Å². The van der Waals surface area contributed by atoms with E-state index in [1.54, 1.807) is 12.3 Å². The molecule has 1 heterocycles. The molecule has 1 aromatic heterocycles. The van der Waals surface area contributed by atoms with E-state index in [0.717, 1.165) is 12.0 Å². The van der Waals surface area contributed by atoms with Crippen molar-refractivity contribution in [2.45, 2.75) is 42.8 Å². The fraction of sp³-hybridized carbons (Fsp3) is 0.583. The first-order valence-corrected chi connectivity index (χ1v) is 6.43. The Morgan fingerprint density at radius 2 is 2.00 bits per heavy atom. The molecule has 1 nitrogen and oxygen atoms in total. The Labute approximate surface area is 98.2 Å². The number of alkyl halides is 1. The van der Waals surface area contributed by atoms with Crippen LogP contribution in [0.15, 0.2) is 18.5 Å². The minimum absolute atomic E-state index is 0.226. The largest absolute Gasteiger partial charge is 0.261 e. The van der Waals surface area contributed by atoms with E-state index in [1.165, 1.54) is 31.9 Å². The van der Waals surface area contributed by atoms with Crippen LogP contribution in [0.4, 0.5) is 4.39 Å². The zero-order chi connectivity index (χ0) is 10.7. The van der Waals surface area contributed by atoms with Gasteiger partial charge in [0.2, 0.25) is 0 Å². The van der Waals surface area contributed by atoms with Crippen LogP contribution in [-0.2, 0) is 0 Å². The third-order valence-corrected chi connectivity index (χ3v) is 4.18. The monoisotopic (exact) mass is 271 g/mol. The molecule has 3 heteroatoms. The molecule has 2 rings (SSSR count). The molecule has 15 heavy (non-hydrogen) atoms. The summed E-state index contributed by atoms with van der Waals surface area (Å²) in [6.07, 6.45) is 9.19. The van der Waals surface area contributed by atoms with Crippen molar-refractivity contribution in [1.29, 1.82) is 0 Å². The molecule has 0 amide bonds. The summed E-state index contributed by atoms with van der Waals surface area (Å²) < 4.78 is 13.1. The summed E-state index contributed by atoms with van der Waals surface area (Å²) in [5.41, 5.74) is 1.04. The molecule has 1 aliphatic carbocycles. The van der Waals surface area contributed by atoms with E-state index in [1.807, 2.05) is 0 Å². The normalized spacial score (nSPS) is 27.3. The first-order chi connectivity index (χ1) is 7.27. The molecule has 0 aromatic carbocycles. The number of hydrogen-bond acceptors (Lipinski definition) is 1. The summed E-state index contributed by atoms with van der Waals surface area (Å²) in [5, 5.41) is 0. The summed E-state index contributed by atoms with van der Waals surface area (Å²) in [4.78, 5) is 4.40. The van der Waals surface area contributed by atoms with Gasteiger partial charge in [-0.15, -0.1) is 0 Å². The van der Waals surface area contributed by atoms with Crippen molar-refractivity contribution < 1.29 is 4.39 Å². The van der Waals surface area contributed by atoms with Gasteiger partial charge in [0.15, 0.2) is 0 Å². The maximum absolute atomic E-state index is 13.1. The highest BCUT2D eigenvalue weighted by Crippen LogP contribution is 2.36. The molecule has 0 spiro atoms. The quantitative estimate of drug-likeness (QED) is 0.555. The predicted molar refractivity (Wildman–Crippen MR) is 62.7 cm³/mol. The molecule has 0 radical (unpaired) electrons. The first-order valence-electron chi connectivity index (χ1n) is 5.52. The lowest BCUT2D eigenvalue weighted by Crippen LogP contribution is -2.11. The van der Waals surface area contributed by atoms with Crippen molar-refractivity contribution in [2.75, 3.05) is 0 Å². The van der Waals surface area contributed by atoms with Gasteiger partial charge < -0.3 is 0 Å². The van der Waals surface area contributed by atoms with Crippen LogP contribution in [0.1, 0.15) is 43.6 Å². The Morgan fingerprint density at radius 3 is 2.80 bits per heavy atom. The van der Waals surface area contributed by atoms with Crippen LogP contribution in [0.5, 0.6) is 0 Å². The number of nitrogens with zero attached hydrogens (tertiary/aromatic N) is 1. The van der Waals surface area contributed by atoms with Gasteiger partial charge in [0.25, 0.3) is 0 Å². The van der Waals surface area contributed by atoms with Crippen LogP contribution in [-0.4, -0.2) is 9.81 Å². The Kier molecular flexibility index (Phi) is 3.73. The van der Waals surface area contributed by atoms with Gasteiger partial charge in [0.05, 0.1) is 6.20 Å². The zero-order valence-corrected chi connectivity index (χ0v) is 10.2. The SMILES string of the molecule is Fc1cncc(C2CCCCCC2Br)c1. The summed E-state index contributed by atoms with van der Waals surface area (Å²) >= 11 is 3.72. The van der Waals surface area contributed by atoms with Crippen LogP contribution < -0.4 is 0 Å². The number of rotatable bonds is 1. The van der Waals surface area contributed by atoms with E-state index < -0.39 is 0 Å². The molecular weight excluding hydrogens is 257 g/mol. The van der Waals surface area contributed by atoms with Crippen molar-refractivity contribution in [1.82, 2.24) is 4.98 Å². The van der Waals surface area contributed by atoms with Gasteiger partial charge in [-0.25, -0.2) is 4.39 Å². The maximum atomic E-state index is 13.1. The Hall–Kier alpha value is -0.440. The minimum Gasteiger partial charge on any atom is -0.261 e. The molecule has 1 fully saturated rings. The molecule has 0 bridgehead atoms. The standard InChI is InChI=1S/C12H15BrFN/c13-12-5-3-1-2-4-11(12)9-6-10(14)8-15-7-9/h6-8,11-12H,1-5H2. The molecule has 2 unspecified atom stereocenters. The van der Waals surface area contributed by atoms with Crippen LogP contribution in [0.25, 0.3) is 0 Å². The van der Waals surface area contributed by atoms with Crippen LogP contribution in [0.3, 0.4) is 0 Å². The molecular formula is C12H15BrFN. The Morgan fingerprint density at radius 1 is 1.20 bits per heavy atom. The molecule has 1 aromatic rings. The van der Waals surface area contributed by atoms with Gasteiger partial charge in [0.1, 0.15) is 5.82 Å². The fourth-order valence-electron chi connectivity index (χ4n) is 2.27. The number of pyridine rings is 1. The summed E-state index contributed by atoms with van der Waals surface area (Å²) in [6, 6.07) is 1.62. The van der Waals surface area contributed by atoms with Gasteiger partial charge in [0, 0.05) is 11.0 Å². The summed E-state index contributed by atoms with van der Waals surface area (Å²) in [5.74, 6) is 0.201. The van der Waals surface area contributed by atoms with Crippen LogP contribution in [0, 0.1) is 5.82 Å². The third-order valence-electron chi connectivity index (χ3n) is 3.09. The van der Waals surface area contributed by atoms with Crippen molar-refractivity contribution in [3.8, 4) is 0 Å². The highest BCUT2D eigenvalue weighted by atomic mass is 79.9. The highest BCUT2D eigenvalue weighted by molar-refractivity contribution is 9.09. The molecule has 2 atom stereocenters. The Balaban J connectivity index is 2.20. The highest BCUT2D eigenvalue weighted by Gasteiger charge is 2.23. The van der Waals surface area contributed by atoms with E-state index in [-0.39, 0.29) is 5.82 Å². The molecule has 1 saturated carbocycles. The lowest BCUT2D eigenvalue weighted by Gasteiger charge is -2.19. The fourth-order valence-corrected chi connectivity index (χ4v) is 3.16. The van der Waals surface area contributed by atoms with E-state index >= 15 is 0 Å².